The van der Waals surface area contributed by atoms with E-state index in [0.717, 1.165) is 9.79 Å². The molecule has 0 heterocycles. The zero-order valence-corrected chi connectivity index (χ0v) is 16.5. The van der Waals surface area contributed by atoms with Crippen LogP contribution < -0.4 is 10.1 Å². The summed E-state index contributed by atoms with van der Waals surface area (Å²) >= 11 is 2.84. The van der Waals surface area contributed by atoms with Crippen LogP contribution in [0.15, 0.2) is 52.3 Å². The highest BCUT2D eigenvalue weighted by Gasteiger charge is 2.16. The number of carbonyl (C=O) groups is 2. The summed E-state index contributed by atoms with van der Waals surface area (Å²) in [6.45, 7) is -0.427. The van der Waals surface area contributed by atoms with Gasteiger partial charge in [0.1, 0.15) is 11.3 Å². The van der Waals surface area contributed by atoms with Crippen LogP contribution in [-0.4, -0.2) is 37.6 Å². The maximum absolute atomic E-state index is 12.3. The number of anilines is 1. The summed E-state index contributed by atoms with van der Waals surface area (Å²) in [7, 11) is 1.47. The lowest BCUT2D eigenvalue weighted by molar-refractivity contribution is -0.119. The number of nitriles is 1. The molecule has 1 N–H and O–H groups in total. The van der Waals surface area contributed by atoms with Gasteiger partial charge in [-0.05, 0) is 36.6 Å². The maximum atomic E-state index is 12.3. The molecule has 2 aromatic carbocycles. The van der Waals surface area contributed by atoms with E-state index >= 15 is 0 Å². The van der Waals surface area contributed by atoms with Crippen LogP contribution in [0.25, 0.3) is 0 Å². The molecule has 1 amide bonds. The molecule has 0 aromatic heterocycles. The predicted octanol–water partition coefficient (Wildman–Crippen LogP) is 3.83. The van der Waals surface area contributed by atoms with Gasteiger partial charge in [0.15, 0.2) is 6.61 Å². The Morgan fingerprint density at radius 2 is 2.00 bits per heavy atom. The van der Waals surface area contributed by atoms with Crippen molar-refractivity contribution >= 4 is 41.1 Å². The fourth-order valence-corrected chi connectivity index (χ4v) is 3.27. The predicted molar refractivity (Wildman–Crippen MR) is 106 cm³/mol. The molecule has 0 saturated heterocycles. The van der Waals surface area contributed by atoms with Gasteiger partial charge in [-0.15, -0.1) is 23.5 Å². The zero-order chi connectivity index (χ0) is 19.6. The number of esters is 1. The number of hydrogen-bond acceptors (Lipinski definition) is 7. The topological polar surface area (TPSA) is 88.4 Å². The summed E-state index contributed by atoms with van der Waals surface area (Å²) in [5.41, 5.74) is 0.828. The Bertz CT molecular complexity index is 865. The van der Waals surface area contributed by atoms with Gasteiger partial charge >= 0.3 is 5.97 Å². The summed E-state index contributed by atoms with van der Waals surface area (Å²) in [6, 6.07) is 14.3. The monoisotopic (exact) mass is 402 g/mol. The molecule has 8 heteroatoms. The van der Waals surface area contributed by atoms with Crippen molar-refractivity contribution in [3.63, 3.8) is 0 Å². The highest BCUT2D eigenvalue weighted by molar-refractivity contribution is 7.99. The molecule has 2 aromatic rings. The van der Waals surface area contributed by atoms with E-state index in [-0.39, 0.29) is 11.3 Å². The van der Waals surface area contributed by atoms with E-state index < -0.39 is 18.5 Å². The molecule has 0 aliphatic heterocycles. The molecule has 2 rings (SSSR count). The zero-order valence-electron chi connectivity index (χ0n) is 14.9. The second-order valence-electron chi connectivity index (χ2n) is 5.13. The first-order valence-corrected chi connectivity index (χ1v) is 10.1. The molecule has 140 valence electrons. The second-order valence-corrected chi connectivity index (χ2v) is 7.03. The Morgan fingerprint density at radius 1 is 1.22 bits per heavy atom. The van der Waals surface area contributed by atoms with Gasteiger partial charge in [0.25, 0.3) is 5.91 Å². The SMILES string of the molecule is COc1cc(SC)ccc1C(=O)OCC(=O)Nc1ccccc1SCC#N. The lowest BCUT2D eigenvalue weighted by atomic mass is 10.2. The minimum absolute atomic E-state index is 0.257. The summed E-state index contributed by atoms with van der Waals surface area (Å²) < 4.78 is 10.3. The molecule has 0 bridgehead atoms. The van der Waals surface area contributed by atoms with Crippen molar-refractivity contribution in [3.05, 3.63) is 48.0 Å². The molecule has 6 nitrogen and oxygen atoms in total. The molecule has 0 radical (unpaired) electrons. The number of nitrogens with one attached hydrogen (secondary N) is 1. The van der Waals surface area contributed by atoms with Gasteiger partial charge in [0, 0.05) is 9.79 Å². The van der Waals surface area contributed by atoms with Gasteiger partial charge < -0.3 is 14.8 Å². The number of hydrogen-bond donors (Lipinski definition) is 1. The largest absolute Gasteiger partial charge is 0.496 e. The van der Waals surface area contributed by atoms with Gasteiger partial charge in [0.05, 0.1) is 24.6 Å². The molecule has 0 unspecified atom stereocenters. The first-order valence-electron chi connectivity index (χ1n) is 7.86. The Labute approximate surface area is 166 Å². The minimum atomic E-state index is -0.637. The highest BCUT2D eigenvalue weighted by atomic mass is 32.2. The summed E-state index contributed by atoms with van der Waals surface area (Å²) in [5.74, 6) is -0.436. The van der Waals surface area contributed by atoms with Crippen LogP contribution in [0.3, 0.4) is 0 Å². The number of amides is 1. The van der Waals surface area contributed by atoms with Crippen LogP contribution in [0.1, 0.15) is 10.4 Å². The van der Waals surface area contributed by atoms with Crippen molar-refractivity contribution in [3.8, 4) is 11.8 Å². The number of rotatable bonds is 8. The number of nitrogens with zero attached hydrogens (tertiary/aromatic N) is 1. The number of thioether (sulfide) groups is 2. The molecule has 0 saturated carbocycles. The minimum Gasteiger partial charge on any atom is -0.496 e. The van der Waals surface area contributed by atoms with Gasteiger partial charge in [0.2, 0.25) is 0 Å². The Morgan fingerprint density at radius 3 is 2.70 bits per heavy atom. The van der Waals surface area contributed by atoms with Crippen LogP contribution in [0.2, 0.25) is 0 Å². The van der Waals surface area contributed by atoms with Crippen LogP contribution in [0, 0.1) is 11.3 Å². The van der Waals surface area contributed by atoms with Gasteiger partial charge in [-0.1, -0.05) is 12.1 Å². The standard InChI is InChI=1S/C19H18N2O4S2/c1-24-16-11-13(26-2)7-8-14(16)19(23)25-12-18(22)21-15-5-3-4-6-17(15)27-10-9-20/h3-8,11H,10,12H2,1-2H3,(H,21,22). The van der Waals surface area contributed by atoms with Crippen LogP contribution >= 0.6 is 23.5 Å². The fourth-order valence-electron chi connectivity index (χ4n) is 2.17. The lowest BCUT2D eigenvalue weighted by Gasteiger charge is -2.11. The lowest BCUT2D eigenvalue weighted by Crippen LogP contribution is -2.21. The molecular weight excluding hydrogens is 384 g/mol. The van der Waals surface area contributed by atoms with Gasteiger partial charge in [-0.25, -0.2) is 4.79 Å². The van der Waals surface area contributed by atoms with Crippen LogP contribution in [0.5, 0.6) is 5.75 Å². The van der Waals surface area contributed by atoms with Crippen molar-refractivity contribution in [2.45, 2.75) is 9.79 Å². The number of carbonyl (C=O) groups excluding carboxylic acids is 2. The van der Waals surface area contributed by atoms with Crippen molar-refractivity contribution < 1.29 is 19.1 Å². The first kappa shape index (κ1) is 20.7. The third-order valence-corrected chi connectivity index (χ3v) is 5.08. The number of benzene rings is 2. The summed E-state index contributed by atoms with van der Waals surface area (Å²) in [6.07, 6.45) is 1.92. The Kier molecular flexibility index (Phi) is 8.04. The van der Waals surface area contributed by atoms with E-state index in [0.29, 0.717) is 11.4 Å². The van der Waals surface area contributed by atoms with Crippen molar-refractivity contribution in [1.29, 1.82) is 5.26 Å². The molecule has 0 atom stereocenters. The van der Waals surface area contributed by atoms with Gasteiger partial charge in [-0.3, -0.25) is 4.79 Å². The maximum Gasteiger partial charge on any atom is 0.342 e. The van der Waals surface area contributed by atoms with Crippen LogP contribution in [-0.2, 0) is 9.53 Å². The van der Waals surface area contributed by atoms with E-state index in [9.17, 15) is 9.59 Å². The second kappa shape index (κ2) is 10.5. The molecule has 0 spiro atoms. The van der Waals surface area contributed by atoms with E-state index in [2.05, 4.69) is 5.32 Å². The fraction of sp³-hybridized carbons (Fsp3) is 0.211. The van der Waals surface area contributed by atoms with Crippen molar-refractivity contribution in [2.24, 2.45) is 0 Å². The molecular formula is C19H18N2O4S2. The Balaban J connectivity index is 1.98. The normalized spacial score (nSPS) is 9.96. The third kappa shape index (κ3) is 5.94. The van der Waals surface area contributed by atoms with Crippen LogP contribution in [0.4, 0.5) is 5.69 Å². The quantitative estimate of drug-likeness (QED) is 0.530. The summed E-state index contributed by atoms with van der Waals surface area (Å²) in [5, 5.41) is 11.4. The highest BCUT2D eigenvalue weighted by Crippen LogP contribution is 2.27. The van der Waals surface area contributed by atoms with E-state index in [4.69, 9.17) is 14.7 Å². The third-order valence-electron chi connectivity index (χ3n) is 3.42. The number of ether oxygens (including phenoxy) is 2. The first-order chi connectivity index (χ1) is 13.1. The number of methoxy groups -OCH3 is 1. The average Bonchev–Trinajstić information content (AvgIpc) is 2.70. The Hall–Kier alpha value is -2.63. The van der Waals surface area contributed by atoms with Crippen molar-refractivity contribution in [1.82, 2.24) is 0 Å². The molecule has 0 fully saturated rings. The van der Waals surface area contributed by atoms with E-state index in [1.165, 1.54) is 30.6 Å². The summed E-state index contributed by atoms with van der Waals surface area (Å²) in [4.78, 5) is 26.1. The van der Waals surface area contributed by atoms with E-state index in [1.54, 1.807) is 30.3 Å². The molecule has 27 heavy (non-hydrogen) atoms. The average molecular weight is 402 g/mol. The number of para-hydroxylation sites is 1. The smallest absolute Gasteiger partial charge is 0.342 e. The van der Waals surface area contributed by atoms with E-state index in [1.807, 2.05) is 24.5 Å². The molecule has 0 aliphatic carbocycles. The van der Waals surface area contributed by atoms with Gasteiger partial charge in [-0.2, -0.15) is 5.26 Å². The molecule has 0 aliphatic rings. The van der Waals surface area contributed by atoms with Crippen molar-refractivity contribution in [2.75, 3.05) is 31.0 Å².